The largest absolute Gasteiger partial charge is 0.374 e. The molecule has 1 heterocycles. The normalized spacial score (nSPS) is 10.4. The SMILES string of the molecule is CCCCN(C)c1ccnc(C(=O)NCc2ccc(C)cc2)c1. The lowest BCUT2D eigenvalue weighted by molar-refractivity contribution is 0.0946. The molecule has 0 saturated heterocycles. The molecule has 1 amide bonds. The minimum absolute atomic E-state index is 0.142. The number of nitrogens with one attached hydrogen (secondary N) is 1. The zero-order valence-corrected chi connectivity index (χ0v) is 14.2. The van der Waals surface area contributed by atoms with E-state index in [2.05, 4.69) is 22.1 Å². The van der Waals surface area contributed by atoms with Gasteiger partial charge in [-0.05, 0) is 31.0 Å². The van der Waals surface area contributed by atoms with Gasteiger partial charge in [-0.15, -0.1) is 0 Å². The Morgan fingerprint density at radius 1 is 1.22 bits per heavy atom. The summed E-state index contributed by atoms with van der Waals surface area (Å²) in [5.41, 5.74) is 3.77. The van der Waals surface area contributed by atoms with Crippen molar-refractivity contribution in [1.29, 1.82) is 0 Å². The maximum absolute atomic E-state index is 12.3. The lowest BCUT2D eigenvalue weighted by atomic mass is 10.1. The molecule has 0 unspecified atom stereocenters. The average Bonchev–Trinajstić information content (AvgIpc) is 2.59. The van der Waals surface area contributed by atoms with Gasteiger partial charge in [0.25, 0.3) is 5.91 Å². The van der Waals surface area contributed by atoms with Crippen molar-refractivity contribution in [3.63, 3.8) is 0 Å². The number of unbranched alkanes of at least 4 members (excludes halogenated alkanes) is 1. The van der Waals surface area contributed by atoms with E-state index in [4.69, 9.17) is 0 Å². The highest BCUT2D eigenvalue weighted by Crippen LogP contribution is 2.14. The topological polar surface area (TPSA) is 45.2 Å². The Kier molecular flexibility index (Phi) is 6.15. The second kappa shape index (κ2) is 8.32. The Morgan fingerprint density at radius 3 is 2.65 bits per heavy atom. The molecule has 2 aromatic rings. The molecule has 0 atom stereocenters. The van der Waals surface area contributed by atoms with Crippen LogP contribution in [0.1, 0.15) is 41.4 Å². The van der Waals surface area contributed by atoms with Gasteiger partial charge in [0.2, 0.25) is 0 Å². The third-order valence-electron chi connectivity index (χ3n) is 3.84. The van der Waals surface area contributed by atoms with Crippen molar-refractivity contribution >= 4 is 11.6 Å². The van der Waals surface area contributed by atoms with E-state index in [-0.39, 0.29) is 5.91 Å². The number of anilines is 1. The van der Waals surface area contributed by atoms with Gasteiger partial charge < -0.3 is 10.2 Å². The second-order valence-corrected chi connectivity index (χ2v) is 5.84. The molecule has 0 aliphatic carbocycles. The maximum Gasteiger partial charge on any atom is 0.270 e. The molecule has 0 aliphatic heterocycles. The number of nitrogens with zero attached hydrogens (tertiary/aromatic N) is 2. The first-order chi connectivity index (χ1) is 11.1. The lowest BCUT2D eigenvalue weighted by Crippen LogP contribution is -2.25. The van der Waals surface area contributed by atoms with E-state index < -0.39 is 0 Å². The van der Waals surface area contributed by atoms with E-state index in [0.717, 1.165) is 30.6 Å². The minimum Gasteiger partial charge on any atom is -0.374 e. The van der Waals surface area contributed by atoms with Gasteiger partial charge in [0.15, 0.2) is 0 Å². The van der Waals surface area contributed by atoms with E-state index >= 15 is 0 Å². The van der Waals surface area contributed by atoms with Crippen LogP contribution in [0.2, 0.25) is 0 Å². The molecule has 0 fully saturated rings. The van der Waals surface area contributed by atoms with Crippen molar-refractivity contribution in [1.82, 2.24) is 10.3 Å². The summed E-state index contributed by atoms with van der Waals surface area (Å²) >= 11 is 0. The second-order valence-electron chi connectivity index (χ2n) is 5.84. The number of aryl methyl sites for hydroxylation is 1. The van der Waals surface area contributed by atoms with Crippen LogP contribution < -0.4 is 10.2 Å². The van der Waals surface area contributed by atoms with Crippen LogP contribution in [-0.4, -0.2) is 24.5 Å². The molecule has 1 aromatic carbocycles. The Balaban J connectivity index is 1.97. The number of benzene rings is 1. The standard InChI is InChI=1S/C19H25N3O/c1-4-5-12-22(3)17-10-11-20-18(13-17)19(23)21-14-16-8-6-15(2)7-9-16/h6-11,13H,4-5,12,14H2,1-3H3,(H,21,23). The molecule has 0 aliphatic rings. The van der Waals surface area contributed by atoms with Crippen LogP contribution in [0.3, 0.4) is 0 Å². The fourth-order valence-electron chi connectivity index (χ4n) is 2.28. The Labute approximate surface area is 138 Å². The molecule has 0 spiro atoms. The van der Waals surface area contributed by atoms with Crippen molar-refractivity contribution in [2.45, 2.75) is 33.2 Å². The van der Waals surface area contributed by atoms with Crippen LogP contribution >= 0.6 is 0 Å². The first-order valence-corrected chi connectivity index (χ1v) is 8.11. The highest BCUT2D eigenvalue weighted by Gasteiger charge is 2.09. The van der Waals surface area contributed by atoms with Crippen LogP contribution in [-0.2, 0) is 6.54 Å². The lowest BCUT2D eigenvalue weighted by Gasteiger charge is -2.19. The van der Waals surface area contributed by atoms with E-state index in [1.807, 2.05) is 50.4 Å². The Morgan fingerprint density at radius 2 is 1.96 bits per heavy atom. The van der Waals surface area contributed by atoms with Crippen LogP contribution in [0.4, 0.5) is 5.69 Å². The first-order valence-electron chi connectivity index (χ1n) is 8.11. The molecule has 4 nitrogen and oxygen atoms in total. The summed E-state index contributed by atoms with van der Waals surface area (Å²) in [5, 5.41) is 2.92. The van der Waals surface area contributed by atoms with Gasteiger partial charge in [0, 0.05) is 32.0 Å². The molecule has 0 radical (unpaired) electrons. The van der Waals surface area contributed by atoms with E-state index in [1.54, 1.807) is 6.20 Å². The van der Waals surface area contributed by atoms with Crippen LogP contribution in [0.25, 0.3) is 0 Å². The number of aromatic nitrogens is 1. The predicted molar refractivity (Wildman–Crippen MR) is 94.8 cm³/mol. The number of carbonyl (C=O) groups excluding carboxylic acids is 1. The minimum atomic E-state index is -0.142. The number of hydrogen-bond donors (Lipinski definition) is 1. The number of carbonyl (C=O) groups is 1. The summed E-state index contributed by atoms with van der Waals surface area (Å²) in [6.45, 7) is 5.71. The summed E-state index contributed by atoms with van der Waals surface area (Å²) in [6.07, 6.45) is 3.98. The first kappa shape index (κ1) is 17.0. The molecular formula is C19H25N3O. The third-order valence-corrected chi connectivity index (χ3v) is 3.84. The fraction of sp³-hybridized carbons (Fsp3) is 0.368. The van der Waals surface area contributed by atoms with E-state index in [9.17, 15) is 4.79 Å². The average molecular weight is 311 g/mol. The molecular weight excluding hydrogens is 286 g/mol. The van der Waals surface area contributed by atoms with Gasteiger partial charge in [-0.3, -0.25) is 9.78 Å². The molecule has 0 bridgehead atoms. The predicted octanol–water partition coefficient (Wildman–Crippen LogP) is 3.56. The number of hydrogen-bond acceptors (Lipinski definition) is 3. The van der Waals surface area contributed by atoms with Crippen LogP contribution in [0.15, 0.2) is 42.6 Å². The highest BCUT2D eigenvalue weighted by atomic mass is 16.1. The van der Waals surface area contributed by atoms with Gasteiger partial charge in [0.1, 0.15) is 5.69 Å². The smallest absolute Gasteiger partial charge is 0.270 e. The molecule has 2 rings (SSSR count). The van der Waals surface area contributed by atoms with Crippen molar-refractivity contribution in [2.24, 2.45) is 0 Å². The van der Waals surface area contributed by atoms with Crippen LogP contribution in [0, 0.1) is 6.92 Å². The third kappa shape index (κ3) is 5.09. The number of pyridine rings is 1. The number of rotatable bonds is 7. The van der Waals surface area contributed by atoms with Crippen molar-refractivity contribution in [3.05, 3.63) is 59.4 Å². The highest BCUT2D eigenvalue weighted by molar-refractivity contribution is 5.93. The Hall–Kier alpha value is -2.36. The fourth-order valence-corrected chi connectivity index (χ4v) is 2.28. The van der Waals surface area contributed by atoms with Crippen molar-refractivity contribution in [3.8, 4) is 0 Å². The zero-order chi connectivity index (χ0) is 16.7. The number of amides is 1. The summed E-state index contributed by atoms with van der Waals surface area (Å²) < 4.78 is 0. The van der Waals surface area contributed by atoms with Gasteiger partial charge in [-0.25, -0.2) is 0 Å². The Bertz CT molecular complexity index is 637. The van der Waals surface area contributed by atoms with Crippen LogP contribution in [0.5, 0.6) is 0 Å². The quantitative estimate of drug-likeness (QED) is 0.850. The molecule has 122 valence electrons. The van der Waals surface area contributed by atoms with Gasteiger partial charge in [0.05, 0.1) is 0 Å². The molecule has 4 heteroatoms. The molecule has 0 saturated carbocycles. The van der Waals surface area contributed by atoms with Gasteiger partial charge in [-0.2, -0.15) is 0 Å². The van der Waals surface area contributed by atoms with E-state index in [0.29, 0.717) is 12.2 Å². The molecule has 23 heavy (non-hydrogen) atoms. The maximum atomic E-state index is 12.3. The summed E-state index contributed by atoms with van der Waals surface area (Å²) in [7, 11) is 2.04. The summed E-state index contributed by atoms with van der Waals surface area (Å²) in [5.74, 6) is -0.142. The summed E-state index contributed by atoms with van der Waals surface area (Å²) in [4.78, 5) is 18.6. The van der Waals surface area contributed by atoms with Gasteiger partial charge in [-0.1, -0.05) is 43.2 Å². The molecule has 1 aromatic heterocycles. The molecule has 1 N–H and O–H groups in total. The van der Waals surface area contributed by atoms with Crippen molar-refractivity contribution in [2.75, 3.05) is 18.5 Å². The zero-order valence-electron chi connectivity index (χ0n) is 14.2. The van der Waals surface area contributed by atoms with Gasteiger partial charge >= 0.3 is 0 Å². The summed E-state index contributed by atoms with van der Waals surface area (Å²) in [6, 6.07) is 11.9. The van der Waals surface area contributed by atoms with E-state index in [1.165, 1.54) is 5.56 Å². The monoisotopic (exact) mass is 311 g/mol. The van der Waals surface area contributed by atoms with Crippen molar-refractivity contribution < 1.29 is 4.79 Å².